The second-order valence-corrected chi connectivity index (χ2v) is 6.68. The molecule has 26 heavy (non-hydrogen) atoms. The van der Waals surface area contributed by atoms with Gasteiger partial charge in [-0.1, -0.05) is 19.3 Å². The molecule has 7 nitrogen and oxygen atoms in total. The lowest BCUT2D eigenvalue weighted by atomic mass is 9.89. The van der Waals surface area contributed by atoms with Crippen LogP contribution in [0, 0.1) is 5.92 Å². The fraction of sp³-hybridized carbons (Fsp3) is 0.474. The highest BCUT2D eigenvalue weighted by molar-refractivity contribution is 5.92. The highest BCUT2D eigenvalue weighted by Gasteiger charge is 2.20. The highest BCUT2D eigenvalue weighted by Crippen LogP contribution is 2.22. The Bertz CT molecular complexity index is 722. The van der Waals surface area contributed by atoms with E-state index in [0.29, 0.717) is 18.0 Å². The molecule has 3 rings (SSSR count). The number of aromatic nitrogens is 3. The lowest BCUT2D eigenvalue weighted by molar-refractivity contribution is -0.129. The van der Waals surface area contributed by atoms with Gasteiger partial charge in [0.15, 0.2) is 6.10 Å². The minimum atomic E-state index is -0.818. The predicted octanol–water partition coefficient (Wildman–Crippen LogP) is 2.51. The largest absolute Gasteiger partial charge is 0.449 e. The Kier molecular flexibility index (Phi) is 5.99. The number of benzene rings is 1. The number of carbonyl (C=O) groups excluding carboxylic acids is 2. The van der Waals surface area contributed by atoms with E-state index >= 15 is 0 Å². The summed E-state index contributed by atoms with van der Waals surface area (Å²) in [6.07, 6.45) is 8.27. The third-order valence-corrected chi connectivity index (χ3v) is 4.73. The smallest absolute Gasteiger partial charge is 0.338 e. The van der Waals surface area contributed by atoms with Gasteiger partial charge in [-0.15, -0.1) is 0 Å². The number of nitrogens with zero attached hydrogens (tertiary/aromatic N) is 3. The van der Waals surface area contributed by atoms with Crippen molar-refractivity contribution in [1.29, 1.82) is 0 Å². The second-order valence-electron chi connectivity index (χ2n) is 6.68. The van der Waals surface area contributed by atoms with Crippen LogP contribution in [0.3, 0.4) is 0 Å². The molecule has 0 unspecified atom stereocenters. The molecular formula is C19H24N4O3. The maximum atomic E-state index is 12.2. The quantitative estimate of drug-likeness (QED) is 0.804. The van der Waals surface area contributed by atoms with E-state index in [1.807, 2.05) is 0 Å². The summed E-state index contributed by atoms with van der Waals surface area (Å²) in [5.41, 5.74) is 1.18. The number of rotatable bonds is 6. The second kappa shape index (κ2) is 8.60. The number of amides is 1. The fourth-order valence-electron chi connectivity index (χ4n) is 3.15. The summed E-state index contributed by atoms with van der Waals surface area (Å²) in [6.45, 7) is 2.26. The van der Waals surface area contributed by atoms with E-state index in [1.165, 1.54) is 25.6 Å². The van der Waals surface area contributed by atoms with Crippen LogP contribution in [-0.4, -0.2) is 39.3 Å². The molecule has 7 heteroatoms. The van der Waals surface area contributed by atoms with Crippen LogP contribution in [0.15, 0.2) is 36.9 Å². The molecule has 0 radical (unpaired) electrons. The van der Waals surface area contributed by atoms with E-state index in [2.05, 4.69) is 15.4 Å². The van der Waals surface area contributed by atoms with E-state index in [-0.39, 0.29) is 5.91 Å². The van der Waals surface area contributed by atoms with Crippen molar-refractivity contribution in [3.05, 3.63) is 42.5 Å². The highest BCUT2D eigenvalue weighted by atomic mass is 16.5. The third kappa shape index (κ3) is 4.68. The summed E-state index contributed by atoms with van der Waals surface area (Å²) in [5.74, 6) is -0.224. The molecule has 1 saturated carbocycles. The monoisotopic (exact) mass is 356 g/mol. The standard InChI is InChI=1S/C19H24N4O3/c1-14(18(24)21-11-15-5-3-2-4-6-15)26-19(25)16-7-9-17(10-8-16)23-13-20-12-22-23/h7-10,12-15H,2-6,11H2,1H3,(H,21,24)/t14-/m0/s1. The molecule has 0 aliphatic heterocycles. The Hall–Kier alpha value is -2.70. The van der Waals surface area contributed by atoms with Crippen molar-refractivity contribution in [3.63, 3.8) is 0 Å². The van der Waals surface area contributed by atoms with E-state index in [0.717, 1.165) is 18.5 Å². The average molecular weight is 356 g/mol. The van der Waals surface area contributed by atoms with Crippen molar-refractivity contribution in [2.45, 2.75) is 45.1 Å². The van der Waals surface area contributed by atoms with Crippen LogP contribution < -0.4 is 5.32 Å². The zero-order valence-corrected chi connectivity index (χ0v) is 14.9. The van der Waals surface area contributed by atoms with Crippen LogP contribution in [0.4, 0.5) is 0 Å². The Balaban J connectivity index is 1.49. The molecule has 1 amide bonds. The first kappa shape index (κ1) is 18.1. The minimum absolute atomic E-state index is 0.247. The molecule has 2 aromatic rings. The van der Waals surface area contributed by atoms with Gasteiger partial charge in [0.1, 0.15) is 12.7 Å². The van der Waals surface area contributed by atoms with Crippen molar-refractivity contribution in [3.8, 4) is 5.69 Å². The zero-order valence-electron chi connectivity index (χ0n) is 14.9. The summed E-state index contributed by atoms with van der Waals surface area (Å²) in [5, 5.41) is 6.93. The van der Waals surface area contributed by atoms with E-state index < -0.39 is 12.1 Å². The van der Waals surface area contributed by atoms with Gasteiger partial charge in [-0.3, -0.25) is 4.79 Å². The van der Waals surface area contributed by atoms with Crippen molar-refractivity contribution < 1.29 is 14.3 Å². The van der Waals surface area contributed by atoms with E-state index in [1.54, 1.807) is 42.2 Å². The first-order valence-corrected chi connectivity index (χ1v) is 9.07. The van der Waals surface area contributed by atoms with Crippen molar-refractivity contribution >= 4 is 11.9 Å². The molecule has 1 aromatic carbocycles. The Labute approximate surface area is 152 Å². The first-order valence-electron chi connectivity index (χ1n) is 9.07. The first-order chi connectivity index (χ1) is 12.6. The van der Waals surface area contributed by atoms with Gasteiger partial charge in [0, 0.05) is 6.54 Å². The molecule has 1 aromatic heterocycles. The van der Waals surface area contributed by atoms with Crippen LogP contribution in [0.25, 0.3) is 5.69 Å². The number of nitrogens with one attached hydrogen (secondary N) is 1. The maximum Gasteiger partial charge on any atom is 0.338 e. The van der Waals surface area contributed by atoms with Gasteiger partial charge in [-0.2, -0.15) is 5.10 Å². The van der Waals surface area contributed by atoms with Crippen molar-refractivity contribution in [2.75, 3.05) is 6.54 Å². The van der Waals surface area contributed by atoms with Crippen LogP contribution in [0.5, 0.6) is 0 Å². The maximum absolute atomic E-state index is 12.2. The number of hydrogen-bond acceptors (Lipinski definition) is 5. The average Bonchev–Trinajstić information content (AvgIpc) is 3.21. The number of hydrogen-bond donors (Lipinski definition) is 1. The lowest BCUT2D eigenvalue weighted by Crippen LogP contribution is -2.38. The summed E-state index contributed by atoms with van der Waals surface area (Å²) in [4.78, 5) is 28.3. The van der Waals surface area contributed by atoms with Gasteiger partial charge < -0.3 is 10.1 Å². The normalized spacial score (nSPS) is 16.0. The lowest BCUT2D eigenvalue weighted by Gasteiger charge is -2.22. The van der Waals surface area contributed by atoms with Crippen molar-refractivity contribution in [2.24, 2.45) is 5.92 Å². The van der Waals surface area contributed by atoms with Crippen LogP contribution in [-0.2, 0) is 9.53 Å². The number of esters is 1. The van der Waals surface area contributed by atoms with Crippen LogP contribution in [0.2, 0.25) is 0 Å². The fourth-order valence-corrected chi connectivity index (χ4v) is 3.15. The molecule has 1 N–H and O–H groups in total. The Morgan fingerprint density at radius 2 is 1.96 bits per heavy atom. The minimum Gasteiger partial charge on any atom is -0.449 e. The van der Waals surface area contributed by atoms with Crippen LogP contribution in [0.1, 0.15) is 49.4 Å². The number of carbonyl (C=O) groups is 2. The molecule has 0 spiro atoms. The van der Waals surface area contributed by atoms with Gasteiger partial charge >= 0.3 is 5.97 Å². The molecule has 0 bridgehead atoms. The van der Waals surface area contributed by atoms with E-state index in [9.17, 15) is 9.59 Å². The summed E-state index contributed by atoms with van der Waals surface area (Å²) in [7, 11) is 0. The molecule has 1 aliphatic carbocycles. The van der Waals surface area contributed by atoms with Gasteiger partial charge in [-0.05, 0) is 49.9 Å². The molecule has 1 fully saturated rings. The Morgan fingerprint density at radius 1 is 1.23 bits per heavy atom. The SMILES string of the molecule is C[C@H](OC(=O)c1ccc(-n2cncn2)cc1)C(=O)NCC1CCCCC1. The van der Waals surface area contributed by atoms with Gasteiger partial charge in [0.05, 0.1) is 11.3 Å². The van der Waals surface area contributed by atoms with Gasteiger partial charge in [-0.25, -0.2) is 14.5 Å². The molecule has 1 aliphatic rings. The van der Waals surface area contributed by atoms with Crippen molar-refractivity contribution in [1.82, 2.24) is 20.1 Å². The zero-order chi connectivity index (χ0) is 18.4. The third-order valence-electron chi connectivity index (χ3n) is 4.73. The molecular weight excluding hydrogens is 332 g/mol. The molecule has 1 heterocycles. The van der Waals surface area contributed by atoms with Gasteiger partial charge in [0.2, 0.25) is 0 Å². The van der Waals surface area contributed by atoms with E-state index in [4.69, 9.17) is 4.74 Å². The molecule has 0 saturated heterocycles. The predicted molar refractivity (Wildman–Crippen MR) is 95.8 cm³/mol. The summed E-state index contributed by atoms with van der Waals surface area (Å²) < 4.78 is 6.88. The summed E-state index contributed by atoms with van der Waals surface area (Å²) in [6, 6.07) is 6.79. The topological polar surface area (TPSA) is 86.1 Å². The summed E-state index contributed by atoms with van der Waals surface area (Å²) >= 11 is 0. The molecule has 138 valence electrons. The Morgan fingerprint density at radius 3 is 2.62 bits per heavy atom. The van der Waals surface area contributed by atoms with Gasteiger partial charge in [0.25, 0.3) is 5.91 Å². The molecule has 1 atom stereocenters. The van der Waals surface area contributed by atoms with Crippen LogP contribution >= 0.6 is 0 Å². The number of ether oxygens (including phenoxy) is 1.